The van der Waals surface area contributed by atoms with Gasteiger partial charge in [-0.3, -0.25) is 4.99 Å². The summed E-state index contributed by atoms with van der Waals surface area (Å²) in [5.74, 6) is 1.87. The molecule has 124 valence electrons. The first-order chi connectivity index (χ1) is 10.3. The van der Waals surface area contributed by atoms with Crippen molar-refractivity contribution >= 4 is 5.96 Å². The monoisotopic (exact) mass is 296 g/mol. The van der Waals surface area contributed by atoms with Gasteiger partial charge in [-0.05, 0) is 58.0 Å². The predicted molar refractivity (Wildman–Crippen MR) is 93.0 cm³/mol. The molecule has 1 aliphatic heterocycles. The molecular formula is C17H36N4. The van der Waals surface area contributed by atoms with Gasteiger partial charge in [0.25, 0.3) is 0 Å². The first-order valence-corrected chi connectivity index (χ1v) is 9.00. The maximum Gasteiger partial charge on any atom is 0.191 e. The molecule has 4 nitrogen and oxygen atoms in total. The number of hydrogen-bond donors (Lipinski definition) is 2. The smallest absolute Gasteiger partial charge is 0.191 e. The molecule has 0 saturated carbocycles. The number of guanidine groups is 1. The van der Waals surface area contributed by atoms with Crippen LogP contribution in [0.25, 0.3) is 0 Å². The second-order valence-electron chi connectivity index (χ2n) is 6.30. The first-order valence-electron chi connectivity index (χ1n) is 9.00. The molecule has 1 heterocycles. The van der Waals surface area contributed by atoms with Gasteiger partial charge >= 0.3 is 0 Å². The summed E-state index contributed by atoms with van der Waals surface area (Å²) in [6, 6.07) is 0. The maximum atomic E-state index is 4.66. The fourth-order valence-electron chi connectivity index (χ4n) is 2.85. The third-order valence-electron chi connectivity index (χ3n) is 4.06. The highest BCUT2D eigenvalue weighted by Gasteiger charge is 2.15. The van der Waals surface area contributed by atoms with Crippen molar-refractivity contribution in [2.24, 2.45) is 10.9 Å². The number of aliphatic imine (C=N–C) groups is 1. The molecule has 0 aliphatic carbocycles. The summed E-state index contributed by atoms with van der Waals surface area (Å²) < 4.78 is 0. The zero-order valence-corrected chi connectivity index (χ0v) is 14.5. The summed E-state index contributed by atoms with van der Waals surface area (Å²) in [4.78, 5) is 7.29. The molecule has 0 aromatic heterocycles. The molecule has 0 aromatic carbocycles. The summed E-state index contributed by atoms with van der Waals surface area (Å²) in [5, 5.41) is 6.71. The third-order valence-corrected chi connectivity index (χ3v) is 4.06. The van der Waals surface area contributed by atoms with Crippen molar-refractivity contribution in [2.75, 3.05) is 39.3 Å². The van der Waals surface area contributed by atoms with Crippen molar-refractivity contribution in [1.29, 1.82) is 0 Å². The van der Waals surface area contributed by atoms with Crippen LogP contribution in [0.2, 0.25) is 0 Å². The van der Waals surface area contributed by atoms with Gasteiger partial charge in [-0.1, -0.05) is 20.3 Å². The molecule has 0 amide bonds. The fourth-order valence-corrected chi connectivity index (χ4v) is 2.85. The van der Waals surface area contributed by atoms with Gasteiger partial charge in [0, 0.05) is 26.2 Å². The Bertz CT molecular complexity index is 278. The standard InChI is InChI=1S/C17H36N4/c1-4-6-11-19-17(18-5-2)20-12-7-8-13-21-14-9-10-16(3)15-21/h16H,4-15H2,1-3H3,(H2,18,19,20). The van der Waals surface area contributed by atoms with Crippen LogP contribution in [-0.4, -0.2) is 50.1 Å². The summed E-state index contributed by atoms with van der Waals surface area (Å²) >= 11 is 0. The van der Waals surface area contributed by atoms with Crippen LogP contribution in [0, 0.1) is 5.92 Å². The van der Waals surface area contributed by atoms with Gasteiger partial charge in [0.1, 0.15) is 0 Å². The van der Waals surface area contributed by atoms with Gasteiger partial charge in [-0.25, -0.2) is 0 Å². The Balaban J connectivity index is 2.12. The lowest BCUT2D eigenvalue weighted by Crippen LogP contribution is -2.38. The Morgan fingerprint density at radius 3 is 2.76 bits per heavy atom. The van der Waals surface area contributed by atoms with E-state index in [1.54, 1.807) is 0 Å². The number of nitrogens with one attached hydrogen (secondary N) is 2. The van der Waals surface area contributed by atoms with E-state index in [4.69, 9.17) is 0 Å². The number of piperidine rings is 1. The van der Waals surface area contributed by atoms with Crippen LogP contribution < -0.4 is 10.6 Å². The molecule has 21 heavy (non-hydrogen) atoms. The van der Waals surface area contributed by atoms with Crippen LogP contribution in [0.1, 0.15) is 59.3 Å². The Morgan fingerprint density at radius 2 is 2.05 bits per heavy atom. The lowest BCUT2D eigenvalue weighted by atomic mass is 10.0. The molecule has 1 unspecified atom stereocenters. The highest BCUT2D eigenvalue weighted by molar-refractivity contribution is 5.79. The molecule has 0 radical (unpaired) electrons. The average molecular weight is 297 g/mol. The second kappa shape index (κ2) is 11.8. The van der Waals surface area contributed by atoms with Crippen molar-refractivity contribution in [2.45, 2.75) is 59.3 Å². The van der Waals surface area contributed by atoms with E-state index in [9.17, 15) is 0 Å². The Labute approximate surface area is 131 Å². The largest absolute Gasteiger partial charge is 0.357 e. The predicted octanol–water partition coefficient (Wildman–Crippen LogP) is 2.85. The Morgan fingerprint density at radius 1 is 1.19 bits per heavy atom. The molecule has 0 bridgehead atoms. The minimum atomic E-state index is 0.889. The van der Waals surface area contributed by atoms with Crippen LogP contribution in [0.4, 0.5) is 0 Å². The van der Waals surface area contributed by atoms with Gasteiger partial charge in [0.15, 0.2) is 5.96 Å². The summed E-state index contributed by atoms with van der Waals surface area (Å²) in [5.41, 5.74) is 0. The van der Waals surface area contributed by atoms with Crippen molar-refractivity contribution in [3.63, 3.8) is 0 Å². The third kappa shape index (κ3) is 8.97. The Hall–Kier alpha value is -0.770. The number of nitrogens with zero attached hydrogens (tertiary/aromatic N) is 2. The molecule has 1 fully saturated rings. The number of unbranched alkanes of at least 4 members (excludes halogenated alkanes) is 2. The average Bonchev–Trinajstić information content (AvgIpc) is 2.47. The van der Waals surface area contributed by atoms with Gasteiger partial charge in [-0.15, -0.1) is 0 Å². The molecule has 2 N–H and O–H groups in total. The van der Waals surface area contributed by atoms with Crippen molar-refractivity contribution in [3.8, 4) is 0 Å². The quantitative estimate of drug-likeness (QED) is 0.390. The zero-order valence-electron chi connectivity index (χ0n) is 14.5. The first kappa shape index (κ1) is 18.3. The van der Waals surface area contributed by atoms with Crippen LogP contribution in [0.15, 0.2) is 4.99 Å². The SMILES string of the molecule is CCCCNC(=NCCCCN1CCCC(C)C1)NCC. The van der Waals surface area contributed by atoms with Gasteiger partial charge in [0.05, 0.1) is 0 Å². The molecule has 1 aliphatic rings. The number of rotatable bonds is 9. The van der Waals surface area contributed by atoms with E-state index >= 15 is 0 Å². The molecule has 1 rings (SSSR count). The topological polar surface area (TPSA) is 39.7 Å². The molecule has 1 atom stereocenters. The van der Waals surface area contributed by atoms with Crippen molar-refractivity contribution in [1.82, 2.24) is 15.5 Å². The molecule has 1 saturated heterocycles. The maximum absolute atomic E-state index is 4.66. The lowest BCUT2D eigenvalue weighted by Gasteiger charge is -2.30. The van der Waals surface area contributed by atoms with Gasteiger partial charge in [-0.2, -0.15) is 0 Å². The summed E-state index contributed by atoms with van der Waals surface area (Å²) in [6.45, 7) is 13.4. The summed E-state index contributed by atoms with van der Waals surface area (Å²) in [6.07, 6.45) is 7.68. The van der Waals surface area contributed by atoms with Gasteiger partial charge in [0.2, 0.25) is 0 Å². The van der Waals surface area contributed by atoms with E-state index in [1.807, 2.05) is 0 Å². The van der Waals surface area contributed by atoms with Crippen LogP contribution in [0.3, 0.4) is 0 Å². The molecule has 0 spiro atoms. The van der Waals surface area contributed by atoms with Crippen LogP contribution in [0.5, 0.6) is 0 Å². The second-order valence-corrected chi connectivity index (χ2v) is 6.30. The highest BCUT2D eigenvalue weighted by atomic mass is 15.2. The van der Waals surface area contributed by atoms with Gasteiger partial charge < -0.3 is 15.5 Å². The minimum absolute atomic E-state index is 0.889. The Kier molecular flexibility index (Phi) is 10.3. The number of likely N-dealkylation sites (tertiary alicyclic amines) is 1. The van der Waals surface area contributed by atoms with Crippen LogP contribution >= 0.6 is 0 Å². The van der Waals surface area contributed by atoms with Crippen LogP contribution in [-0.2, 0) is 0 Å². The van der Waals surface area contributed by atoms with E-state index < -0.39 is 0 Å². The van der Waals surface area contributed by atoms with Crippen molar-refractivity contribution < 1.29 is 0 Å². The number of hydrogen-bond acceptors (Lipinski definition) is 2. The minimum Gasteiger partial charge on any atom is -0.357 e. The molecule has 0 aromatic rings. The zero-order chi connectivity index (χ0) is 15.3. The molecule has 4 heteroatoms. The molecular weight excluding hydrogens is 260 g/mol. The normalized spacial score (nSPS) is 20.5. The van der Waals surface area contributed by atoms with E-state index in [-0.39, 0.29) is 0 Å². The van der Waals surface area contributed by atoms with Crippen molar-refractivity contribution in [3.05, 3.63) is 0 Å². The highest BCUT2D eigenvalue weighted by Crippen LogP contribution is 2.15. The van der Waals surface area contributed by atoms with E-state index in [0.717, 1.165) is 31.5 Å². The lowest BCUT2D eigenvalue weighted by molar-refractivity contribution is 0.181. The van der Waals surface area contributed by atoms with E-state index in [0.29, 0.717) is 0 Å². The van der Waals surface area contributed by atoms with E-state index in [1.165, 1.54) is 58.2 Å². The fraction of sp³-hybridized carbons (Fsp3) is 0.941. The van der Waals surface area contributed by atoms with E-state index in [2.05, 4.69) is 41.3 Å². The summed E-state index contributed by atoms with van der Waals surface area (Å²) in [7, 11) is 0.